The van der Waals surface area contributed by atoms with Crippen molar-refractivity contribution in [3.8, 4) is 0 Å². The Morgan fingerprint density at radius 2 is 1.18 bits per heavy atom. The third kappa shape index (κ3) is 20.2. The van der Waals surface area contributed by atoms with Crippen LogP contribution in [-0.2, 0) is 47.9 Å². The first kappa shape index (κ1) is 49.8. The Bertz CT molecular complexity index is 1400. The van der Waals surface area contributed by atoms with Crippen molar-refractivity contribution in [2.75, 3.05) is 26.2 Å². The number of rotatable bonds is 25. The Morgan fingerprint density at radius 1 is 0.691 bits per heavy atom. The quantitative estimate of drug-likeness (QED) is 0.0425. The van der Waals surface area contributed by atoms with Gasteiger partial charge in [0.2, 0.25) is 41.4 Å². The van der Waals surface area contributed by atoms with Crippen LogP contribution in [0.3, 0.4) is 0 Å². The van der Waals surface area contributed by atoms with Gasteiger partial charge in [-0.2, -0.15) is 0 Å². The Kier molecular flexibility index (Phi) is 21.9. The van der Waals surface area contributed by atoms with Crippen LogP contribution in [0.5, 0.6) is 0 Å². The number of imide groups is 1. The summed E-state index contributed by atoms with van der Waals surface area (Å²) in [6.45, 7) is 8.93. The molecule has 22 nitrogen and oxygen atoms in total. The van der Waals surface area contributed by atoms with Gasteiger partial charge < -0.3 is 58.3 Å². The Hall–Kier alpha value is -5.22. The molecule has 5 atom stereocenters. The van der Waals surface area contributed by atoms with Crippen molar-refractivity contribution >= 4 is 59.3 Å². The standard InChI is InChI=1S/C33H57N9O13/c1-8-25(45)42(18(4)43)23(13-34)31(53)37-14-21(40-29(51)20(10-12-27(48)49)41-33(5,6)7)30(52)39-19(9-11-26(46)47)28(50)36-15-22(32(54)55)38-24(44)16-35-17(2)3/h17,19-23,35,41H,8-16,34H2,1-7H3,(H,36,50)(H,37,53)(H,38,44)(H,39,52)(H,40,51)(H,46,47)(H,48,49)(H,54,55)/t19-,20-,21-,22-,23-/m0/s1. The molecular formula is C33H57N9O13. The monoisotopic (exact) mass is 787 g/mol. The van der Waals surface area contributed by atoms with Crippen molar-refractivity contribution in [1.29, 1.82) is 0 Å². The van der Waals surface area contributed by atoms with E-state index in [4.69, 9.17) is 5.73 Å². The number of carboxylic acids is 3. The zero-order valence-corrected chi connectivity index (χ0v) is 32.3. The lowest BCUT2D eigenvalue weighted by atomic mass is 10.0. The van der Waals surface area contributed by atoms with Crippen LogP contribution in [0.1, 0.15) is 80.6 Å². The zero-order chi connectivity index (χ0) is 42.6. The van der Waals surface area contributed by atoms with E-state index < -0.39 is 134 Å². The van der Waals surface area contributed by atoms with Gasteiger partial charge in [0.15, 0.2) is 0 Å². The first-order valence-electron chi connectivity index (χ1n) is 17.6. The number of carbonyl (C=O) groups excluding carboxylic acids is 7. The van der Waals surface area contributed by atoms with Gasteiger partial charge in [-0.05, 0) is 33.6 Å². The number of nitrogens with two attached hydrogens (primary N) is 1. The van der Waals surface area contributed by atoms with Crippen LogP contribution in [-0.4, -0.2) is 147 Å². The predicted molar refractivity (Wildman–Crippen MR) is 194 cm³/mol. The van der Waals surface area contributed by atoms with E-state index >= 15 is 0 Å². The van der Waals surface area contributed by atoms with Gasteiger partial charge in [0.1, 0.15) is 24.2 Å². The smallest absolute Gasteiger partial charge is 0.328 e. The summed E-state index contributed by atoms with van der Waals surface area (Å²) in [4.78, 5) is 126. The molecule has 55 heavy (non-hydrogen) atoms. The van der Waals surface area contributed by atoms with Crippen LogP contribution in [0, 0.1) is 0 Å². The molecule has 0 aliphatic carbocycles. The van der Waals surface area contributed by atoms with E-state index in [9.17, 15) is 63.3 Å². The molecule has 7 amide bonds. The number of carboxylic acid groups (broad SMARTS) is 3. The van der Waals surface area contributed by atoms with Crippen molar-refractivity contribution in [3.05, 3.63) is 0 Å². The maximum Gasteiger partial charge on any atom is 0.328 e. The van der Waals surface area contributed by atoms with Crippen LogP contribution in [0.2, 0.25) is 0 Å². The van der Waals surface area contributed by atoms with E-state index in [1.807, 2.05) is 0 Å². The molecule has 0 unspecified atom stereocenters. The fourth-order valence-corrected chi connectivity index (χ4v) is 4.81. The molecule has 0 aromatic rings. The van der Waals surface area contributed by atoms with Gasteiger partial charge in [-0.3, -0.25) is 48.1 Å². The first-order chi connectivity index (χ1) is 25.4. The molecule has 22 heteroatoms. The van der Waals surface area contributed by atoms with Gasteiger partial charge in [-0.25, -0.2) is 4.79 Å². The third-order valence-corrected chi connectivity index (χ3v) is 7.50. The summed E-state index contributed by atoms with van der Waals surface area (Å²) in [7, 11) is 0. The maximum atomic E-state index is 13.8. The largest absolute Gasteiger partial charge is 0.481 e. The molecule has 0 aliphatic rings. The topological polar surface area (TPSA) is 345 Å². The lowest BCUT2D eigenvalue weighted by molar-refractivity contribution is -0.150. The highest BCUT2D eigenvalue weighted by Crippen LogP contribution is 2.08. The van der Waals surface area contributed by atoms with E-state index in [1.165, 1.54) is 6.92 Å². The molecule has 12 N–H and O–H groups in total. The molecule has 0 aromatic carbocycles. The molecule has 0 saturated heterocycles. The summed E-state index contributed by atoms with van der Waals surface area (Å²) >= 11 is 0. The van der Waals surface area contributed by atoms with Crippen molar-refractivity contribution in [2.45, 2.75) is 122 Å². The summed E-state index contributed by atoms with van der Waals surface area (Å²) in [5.74, 6) is -10.4. The van der Waals surface area contributed by atoms with Gasteiger partial charge >= 0.3 is 17.9 Å². The minimum absolute atomic E-state index is 0.0952. The number of amides is 7. The summed E-state index contributed by atoms with van der Waals surface area (Å²) < 4.78 is 0. The number of nitrogens with one attached hydrogen (secondary N) is 7. The number of carbonyl (C=O) groups is 10. The van der Waals surface area contributed by atoms with Crippen molar-refractivity contribution in [2.24, 2.45) is 5.73 Å². The van der Waals surface area contributed by atoms with E-state index in [-0.39, 0.29) is 25.4 Å². The van der Waals surface area contributed by atoms with Crippen LogP contribution >= 0.6 is 0 Å². The van der Waals surface area contributed by atoms with Gasteiger partial charge in [0.25, 0.3) is 0 Å². The molecule has 0 fully saturated rings. The first-order valence-corrected chi connectivity index (χ1v) is 17.6. The molecular weight excluding hydrogens is 730 g/mol. The Morgan fingerprint density at radius 3 is 1.64 bits per heavy atom. The van der Waals surface area contributed by atoms with Gasteiger partial charge in [0.05, 0.1) is 12.6 Å². The molecule has 0 aromatic heterocycles. The second kappa shape index (κ2) is 24.2. The van der Waals surface area contributed by atoms with E-state index in [0.29, 0.717) is 4.90 Å². The number of aliphatic carboxylic acids is 3. The van der Waals surface area contributed by atoms with E-state index in [0.717, 1.165) is 6.92 Å². The number of hydrogen-bond acceptors (Lipinski definition) is 13. The van der Waals surface area contributed by atoms with Crippen LogP contribution in [0.25, 0.3) is 0 Å². The summed E-state index contributed by atoms with van der Waals surface area (Å²) in [6, 6.07) is -7.83. The van der Waals surface area contributed by atoms with Crippen LogP contribution in [0.4, 0.5) is 0 Å². The zero-order valence-electron chi connectivity index (χ0n) is 32.3. The van der Waals surface area contributed by atoms with E-state index in [2.05, 4.69) is 37.2 Å². The Labute approximate surface area is 318 Å². The van der Waals surface area contributed by atoms with Crippen molar-refractivity contribution in [3.63, 3.8) is 0 Å². The summed E-state index contributed by atoms with van der Waals surface area (Å²) in [6.07, 6.45) is -2.04. The average molecular weight is 788 g/mol. The third-order valence-electron chi connectivity index (χ3n) is 7.50. The lowest BCUT2D eigenvalue weighted by Gasteiger charge is -2.30. The maximum absolute atomic E-state index is 13.8. The van der Waals surface area contributed by atoms with Gasteiger partial charge in [0, 0.05) is 57.4 Å². The lowest BCUT2D eigenvalue weighted by Crippen LogP contribution is -2.62. The van der Waals surface area contributed by atoms with Crippen LogP contribution < -0.4 is 43.0 Å². The molecule has 312 valence electrons. The second-order valence-electron chi connectivity index (χ2n) is 13.8. The van der Waals surface area contributed by atoms with Gasteiger partial charge in [-0.1, -0.05) is 20.8 Å². The Balaban J connectivity index is 6.53. The van der Waals surface area contributed by atoms with Crippen molar-refractivity contribution < 1.29 is 63.3 Å². The van der Waals surface area contributed by atoms with Gasteiger partial charge in [-0.15, -0.1) is 0 Å². The fraction of sp³-hybridized carbons (Fsp3) is 0.697. The molecule has 0 heterocycles. The molecule has 0 aliphatic heterocycles. The molecule has 0 saturated carbocycles. The minimum atomic E-state index is -1.74. The summed E-state index contributed by atoms with van der Waals surface area (Å²) in [5.41, 5.74) is 4.98. The van der Waals surface area contributed by atoms with Crippen molar-refractivity contribution in [1.82, 2.24) is 42.1 Å². The predicted octanol–water partition coefficient (Wildman–Crippen LogP) is -3.65. The highest BCUT2D eigenvalue weighted by Gasteiger charge is 2.35. The molecule has 0 radical (unpaired) electrons. The van der Waals surface area contributed by atoms with Crippen LogP contribution in [0.15, 0.2) is 0 Å². The highest BCUT2D eigenvalue weighted by atomic mass is 16.4. The number of hydrogen-bond donors (Lipinski definition) is 11. The molecule has 0 rings (SSSR count). The SMILES string of the molecule is CCC(=O)N(C(C)=O)[C@@H](CN)C(=O)NC[C@H](NC(=O)[C@H](CCC(=O)O)NC(C)(C)C)C(=O)N[C@@H](CCC(=O)O)C(=O)NC[C@H](NC(=O)CNC(C)C)C(=O)O. The highest BCUT2D eigenvalue weighted by molar-refractivity contribution is 6.00. The summed E-state index contributed by atoms with van der Waals surface area (Å²) in [5, 5.41) is 45.4. The normalized spacial score (nSPS) is 13.9. The average Bonchev–Trinajstić information content (AvgIpc) is 3.07. The fourth-order valence-electron chi connectivity index (χ4n) is 4.81. The second-order valence-corrected chi connectivity index (χ2v) is 13.8. The molecule has 0 bridgehead atoms. The molecule has 0 spiro atoms. The number of nitrogens with zero attached hydrogens (tertiary/aromatic N) is 1. The van der Waals surface area contributed by atoms with E-state index in [1.54, 1.807) is 34.6 Å². The minimum Gasteiger partial charge on any atom is -0.481 e.